The molecule has 0 bridgehead atoms. The number of likely N-dealkylation sites (tertiary alicyclic amines) is 1. The van der Waals surface area contributed by atoms with E-state index in [2.05, 4.69) is 4.98 Å². The van der Waals surface area contributed by atoms with Crippen LogP contribution in [0.2, 0.25) is 0 Å². The van der Waals surface area contributed by atoms with Crippen molar-refractivity contribution >= 4 is 23.2 Å². The highest BCUT2D eigenvalue weighted by atomic mass is 32.1. The Morgan fingerprint density at radius 2 is 2.30 bits per heavy atom. The fraction of sp³-hybridized carbons (Fsp3) is 0.643. The summed E-state index contributed by atoms with van der Waals surface area (Å²) in [7, 11) is 0. The molecule has 1 atom stereocenters. The van der Waals surface area contributed by atoms with E-state index in [-0.39, 0.29) is 5.91 Å². The number of carbonyl (C=O) groups is 2. The minimum Gasteiger partial charge on any atom is -0.480 e. The van der Waals surface area contributed by atoms with Crippen LogP contribution in [0.5, 0.6) is 0 Å². The molecule has 1 N–H and O–H groups in total. The number of amides is 1. The molecule has 1 aliphatic heterocycles. The molecule has 1 aliphatic rings. The SMILES string of the molecule is Cc1nc(CCCC(=O)N2CCCC[C@H]2C(=O)O)cs1. The second-order valence-corrected chi connectivity index (χ2v) is 6.21. The highest BCUT2D eigenvalue weighted by Gasteiger charge is 2.31. The van der Waals surface area contributed by atoms with Gasteiger partial charge in [0.2, 0.25) is 5.91 Å². The van der Waals surface area contributed by atoms with Gasteiger partial charge in [-0.1, -0.05) is 0 Å². The minimum absolute atomic E-state index is 0.0379. The summed E-state index contributed by atoms with van der Waals surface area (Å²) in [4.78, 5) is 29.2. The lowest BCUT2D eigenvalue weighted by Gasteiger charge is -2.33. The smallest absolute Gasteiger partial charge is 0.326 e. The summed E-state index contributed by atoms with van der Waals surface area (Å²) in [5.41, 5.74) is 1.02. The van der Waals surface area contributed by atoms with Crippen molar-refractivity contribution in [3.8, 4) is 0 Å². The zero-order valence-electron chi connectivity index (χ0n) is 11.7. The van der Waals surface area contributed by atoms with E-state index in [0.29, 0.717) is 19.4 Å². The summed E-state index contributed by atoms with van der Waals surface area (Å²) >= 11 is 1.61. The molecule has 1 amide bonds. The van der Waals surface area contributed by atoms with Gasteiger partial charge in [0.25, 0.3) is 0 Å². The third-order valence-corrected chi connectivity index (χ3v) is 4.42. The van der Waals surface area contributed by atoms with E-state index in [1.54, 1.807) is 11.3 Å². The van der Waals surface area contributed by atoms with Crippen molar-refractivity contribution in [1.29, 1.82) is 0 Å². The number of nitrogens with zero attached hydrogens (tertiary/aromatic N) is 2. The number of carbonyl (C=O) groups excluding carboxylic acids is 1. The highest BCUT2D eigenvalue weighted by Crippen LogP contribution is 2.19. The van der Waals surface area contributed by atoms with Gasteiger partial charge in [-0.05, 0) is 39.0 Å². The van der Waals surface area contributed by atoms with Crippen LogP contribution in [0.1, 0.15) is 42.8 Å². The summed E-state index contributed by atoms with van der Waals surface area (Å²) in [6.07, 6.45) is 4.28. The van der Waals surface area contributed by atoms with Crippen molar-refractivity contribution in [3.05, 3.63) is 16.1 Å². The Morgan fingerprint density at radius 1 is 1.50 bits per heavy atom. The lowest BCUT2D eigenvalue weighted by Crippen LogP contribution is -2.47. The number of thiazole rings is 1. The van der Waals surface area contributed by atoms with Crippen molar-refractivity contribution in [1.82, 2.24) is 9.88 Å². The molecule has 20 heavy (non-hydrogen) atoms. The van der Waals surface area contributed by atoms with Crippen LogP contribution in [0.25, 0.3) is 0 Å². The van der Waals surface area contributed by atoms with Gasteiger partial charge in [0.05, 0.1) is 10.7 Å². The maximum absolute atomic E-state index is 12.2. The summed E-state index contributed by atoms with van der Waals surface area (Å²) in [5.74, 6) is -0.919. The molecule has 1 fully saturated rings. The third-order valence-electron chi connectivity index (χ3n) is 3.60. The number of aromatic nitrogens is 1. The predicted molar refractivity (Wildman–Crippen MR) is 76.8 cm³/mol. The van der Waals surface area contributed by atoms with Crippen LogP contribution in [0.15, 0.2) is 5.38 Å². The molecule has 0 aliphatic carbocycles. The largest absolute Gasteiger partial charge is 0.480 e. The molecule has 5 nitrogen and oxygen atoms in total. The van der Waals surface area contributed by atoms with Crippen LogP contribution in [-0.4, -0.2) is 39.5 Å². The average Bonchev–Trinajstić information content (AvgIpc) is 2.84. The Kier molecular flexibility index (Phi) is 5.11. The molecular formula is C14H20N2O3S. The fourth-order valence-electron chi connectivity index (χ4n) is 2.57. The van der Waals surface area contributed by atoms with Crippen molar-refractivity contribution in [2.45, 2.75) is 51.5 Å². The second-order valence-electron chi connectivity index (χ2n) is 5.15. The van der Waals surface area contributed by atoms with E-state index in [9.17, 15) is 9.59 Å². The van der Waals surface area contributed by atoms with Crippen LogP contribution in [-0.2, 0) is 16.0 Å². The molecule has 1 aromatic heterocycles. The number of carboxylic acids is 1. The summed E-state index contributed by atoms with van der Waals surface area (Å²) < 4.78 is 0. The van der Waals surface area contributed by atoms with Crippen molar-refractivity contribution in [3.63, 3.8) is 0 Å². The third kappa shape index (κ3) is 3.79. The van der Waals surface area contributed by atoms with Gasteiger partial charge in [-0.3, -0.25) is 4.79 Å². The molecule has 2 rings (SSSR count). The van der Waals surface area contributed by atoms with Gasteiger partial charge in [-0.15, -0.1) is 11.3 Å². The van der Waals surface area contributed by atoms with Gasteiger partial charge in [-0.2, -0.15) is 0 Å². The van der Waals surface area contributed by atoms with Gasteiger partial charge in [0.15, 0.2) is 0 Å². The van der Waals surface area contributed by atoms with E-state index < -0.39 is 12.0 Å². The van der Waals surface area contributed by atoms with Crippen LogP contribution in [0.4, 0.5) is 0 Å². The van der Waals surface area contributed by atoms with E-state index in [1.165, 1.54) is 4.90 Å². The van der Waals surface area contributed by atoms with Crippen molar-refractivity contribution < 1.29 is 14.7 Å². The number of aliphatic carboxylic acids is 1. The first-order chi connectivity index (χ1) is 9.58. The van der Waals surface area contributed by atoms with Gasteiger partial charge in [0.1, 0.15) is 6.04 Å². The summed E-state index contributed by atoms with van der Waals surface area (Å²) in [5, 5.41) is 12.2. The number of hydrogen-bond donors (Lipinski definition) is 1. The average molecular weight is 296 g/mol. The Morgan fingerprint density at radius 3 is 2.95 bits per heavy atom. The van der Waals surface area contributed by atoms with Gasteiger partial charge >= 0.3 is 5.97 Å². The van der Waals surface area contributed by atoms with Crippen LogP contribution >= 0.6 is 11.3 Å². The minimum atomic E-state index is -0.881. The van der Waals surface area contributed by atoms with Crippen molar-refractivity contribution in [2.24, 2.45) is 0 Å². The number of rotatable bonds is 5. The van der Waals surface area contributed by atoms with Crippen LogP contribution < -0.4 is 0 Å². The fourth-order valence-corrected chi connectivity index (χ4v) is 3.22. The number of piperidine rings is 1. The van der Waals surface area contributed by atoms with Gasteiger partial charge < -0.3 is 10.0 Å². The van der Waals surface area contributed by atoms with E-state index in [1.807, 2.05) is 12.3 Å². The second kappa shape index (κ2) is 6.83. The lowest BCUT2D eigenvalue weighted by atomic mass is 10.0. The van der Waals surface area contributed by atoms with E-state index in [0.717, 1.165) is 36.4 Å². The first kappa shape index (κ1) is 15.0. The monoisotopic (exact) mass is 296 g/mol. The molecule has 0 spiro atoms. The molecule has 0 unspecified atom stereocenters. The molecule has 0 saturated carbocycles. The zero-order valence-corrected chi connectivity index (χ0v) is 12.5. The first-order valence-electron chi connectivity index (χ1n) is 7.01. The predicted octanol–water partition coefficient (Wildman–Crippen LogP) is 2.24. The van der Waals surface area contributed by atoms with Gasteiger partial charge in [0, 0.05) is 18.3 Å². The van der Waals surface area contributed by atoms with Crippen molar-refractivity contribution in [2.75, 3.05) is 6.54 Å². The number of carboxylic acid groups (broad SMARTS) is 1. The Balaban J connectivity index is 1.82. The molecule has 2 heterocycles. The number of hydrogen-bond acceptors (Lipinski definition) is 4. The Bertz CT molecular complexity index is 487. The topological polar surface area (TPSA) is 70.5 Å². The van der Waals surface area contributed by atoms with Gasteiger partial charge in [-0.25, -0.2) is 9.78 Å². The molecular weight excluding hydrogens is 276 g/mol. The normalized spacial score (nSPS) is 19.1. The van der Waals surface area contributed by atoms with Crippen LogP contribution in [0.3, 0.4) is 0 Å². The maximum atomic E-state index is 12.2. The molecule has 6 heteroatoms. The molecule has 1 aromatic rings. The quantitative estimate of drug-likeness (QED) is 0.904. The molecule has 0 radical (unpaired) electrons. The molecule has 110 valence electrons. The summed E-state index contributed by atoms with van der Waals surface area (Å²) in [6.45, 7) is 2.54. The zero-order chi connectivity index (χ0) is 14.5. The highest BCUT2D eigenvalue weighted by molar-refractivity contribution is 7.09. The Labute approximate surface area is 122 Å². The molecule has 1 saturated heterocycles. The number of aryl methyl sites for hydroxylation is 2. The Hall–Kier alpha value is -1.43. The van der Waals surface area contributed by atoms with Crippen LogP contribution in [0, 0.1) is 6.92 Å². The lowest BCUT2D eigenvalue weighted by molar-refractivity contribution is -0.152. The van der Waals surface area contributed by atoms with E-state index in [4.69, 9.17) is 5.11 Å². The summed E-state index contributed by atoms with van der Waals surface area (Å²) in [6, 6.07) is -0.627. The standard InChI is InChI=1S/C14H20N2O3S/c1-10-15-11(9-20-10)5-4-7-13(17)16-8-3-2-6-12(16)14(18)19/h9,12H,2-8H2,1H3,(H,18,19)/t12-/m0/s1. The first-order valence-corrected chi connectivity index (χ1v) is 7.89. The van der Waals surface area contributed by atoms with E-state index >= 15 is 0 Å². The maximum Gasteiger partial charge on any atom is 0.326 e. The molecule has 0 aromatic carbocycles.